The molecule has 0 radical (unpaired) electrons. The summed E-state index contributed by atoms with van der Waals surface area (Å²) in [4.78, 5) is 28.5. The lowest BCUT2D eigenvalue weighted by atomic mass is 10.2. The average molecular weight is 367 g/mol. The fourth-order valence-corrected chi connectivity index (χ4v) is 3.21. The molecule has 0 aliphatic carbocycles. The monoisotopic (exact) mass is 367 g/mol. The van der Waals surface area contributed by atoms with Gasteiger partial charge in [0, 0.05) is 31.7 Å². The lowest BCUT2D eigenvalue weighted by Gasteiger charge is -2.24. The number of methoxy groups -OCH3 is 1. The maximum atomic E-state index is 12.6. The predicted octanol–water partition coefficient (Wildman–Crippen LogP) is 3.03. The normalized spacial score (nSPS) is 16.3. The number of rotatable bonds is 6. The third-order valence-corrected chi connectivity index (χ3v) is 4.72. The Morgan fingerprint density at radius 2 is 1.89 bits per heavy atom. The van der Waals surface area contributed by atoms with Crippen molar-refractivity contribution in [3.8, 4) is 5.75 Å². The maximum absolute atomic E-state index is 12.6. The summed E-state index contributed by atoms with van der Waals surface area (Å²) in [6.07, 6.45) is 0.306. The lowest BCUT2D eigenvalue weighted by molar-refractivity contribution is -0.117. The SMILES string of the molecule is CCN(Cc1ccccc1)C(=O)N[C@@H]1CC(=O)N(c2ccc(OC)cc2)C1. The molecule has 1 fully saturated rings. The van der Waals surface area contributed by atoms with Gasteiger partial charge in [-0.25, -0.2) is 4.79 Å². The fraction of sp³-hybridized carbons (Fsp3) is 0.333. The van der Waals surface area contributed by atoms with Crippen molar-refractivity contribution in [3.05, 3.63) is 60.2 Å². The second kappa shape index (κ2) is 8.58. The molecule has 0 aromatic heterocycles. The molecule has 27 heavy (non-hydrogen) atoms. The maximum Gasteiger partial charge on any atom is 0.317 e. The second-order valence-electron chi connectivity index (χ2n) is 6.55. The zero-order valence-corrected chi connectivity index (χ0v) is 15.7. The van der Waals surface area contributed by atoms with Gasteiger partial charge in [0.2, 0.25) is 5.91 Å². The molecule has 6 heteroatoms. The van der Waals surface area contributed by atoms with Crippen LogP contribution in [0.4, 0.5) is 10.5 Å². The van der Waals surface area contributed by atoms with Gasteiger partial charge >= 0.3 is 6.03 Å². The van der Waals surface area contributed by atoms with Crippen molar-refractivity contribution in [2.45, 2.75) is 25.9 Å². The number of nitrogens with one attached hydrogen (secondary N) is 1. The number of hydrogen-bond acceptors (Lipinski definition) is 3. The molecule has 0 unspecified atom stereocenters. The number of hydrogen-bond donors (Lipinski definition) is 1. The summed E-state index contributed by atoms with van der Waals surface area (Å²) in [7, 11) is 1.61. The van der Waals surface area contributed by atoms with Crippen LogP contribution in [0.5, 0.6) is 5.75 Å². The Kier molecular flexibility index (Phi) is 5.96. The lowest BCUT2D eigenvalue weighted by Crippen LogP contribution is -2.45. The Bertz CT molecular complexity index is 777. The highest BCUT2D eigenvalue weighted by Crippen LogP contribution is 2.24. The number of nitrogens with zero attached hydrogens (tertiary/aromatic N) is 2. The number of anilines is 1. The Morgan fingerprint density at radius 1 is 1.19 bits per heavy atom. The topological polar surface area (TPSA) is 61.9 Å². The van der Waals surface area contributed by atoms with E-state index in [1.165, 1.54) is 0 Å². The van der Waals surface area contributed by atoms with Gasteiger partial charge in [0.05, 0.1) is 13.2 Å². The van der Waals surface area contributed by atoms with E-state index in [4.69, 9.17) is 4.74 Å². The highest BCUT2D eigenvalue weighted by atomic mass is 16.5. The van der Waals surface area contributed by atoms with E-state index in [-0.39, 0.29) is 18.0 Å². The highest BCUT2D eigenvalue weighted by molar-refractivity contribution is 5.96. The van der Waals surface area contributed by atoms with E-state index in [9.17, 15) is 9.59 Å². The van der Waals surface area contributed by atoms with Crippen molar-refractivity contribution < 1.29 is 14.3 Å². The summed E-state index contributed by atoms with van der Waals surface area (Å²) in [5, 5.41) is 3.00. The molecule has 1 aliphatic rings. The van der Waals surface area contributed by atoms with Gasteiger partial charge in [-0.1, -0.05) is 30.3 Å². The second-order valence-corrected chi connectivity index (χ2v) is 6.55. The zero-order chi connectivity index (χ0) is 19.2. The van der Waals surface area contributed by atoms with E-state index in [1.807, 2.05) is 61.5 Å². The number of ether oxygens (including phenoxy) is 1. The van der Waals surface area contributed by atoms with E-state index in [0.717, 1.165) is 17.0 Å². The Balaban J connectivity index is 1.60. The van der Waals surface area contributed by atoms with Gasteiger partial charge in [0.25, 0.3) is 0 Å². The minimum Gasteiger partial charge on any atom is -0.497 e. The first kappa shape index (κ1) is 18.8. The molecular formula is C21H25N3O3. The van der Waals surface area contributed by atoms with Crippen LogP contribution in [-0.4, -0.2) is 43.1 Å². The van der Waals surface area contributed by atoms with Crippen molar-refractivity contribution in [1.29, 1.82) is 0 Å². The Labute approximate surface area is 159 Å². The van der Waals surface area contributed by atoms with Crippen molar-refractivity contribution in [1.82, 2.24) is 10.2 Å². The number of carbonyl (C=O) groups is 2. The van der Waals surface area contributed by atoms with Gasteiger partial charge in [0.15, 0.2) is 0 Å². The molecule has 1 atom stereocenters. The third kappa shape index (κ3) is 4.58. The smallest absolute Gasteiger partial charge is 0.317 e. The number of urea groups is 1. The highest BCUT2D eigenvalue weighted by Gasteiger charge is 2.32. The molecule has 1 aliphatic heterocycles. The van der Waals surface area contributed by atoms with Crippen LogP contribution in [-0.2, 0) is 11.3 Å². The molecule has 1 saturated heterocycles. The van der Waals surface area contributed by atoms with Crippen molar-refractivity contribution in [2.75, 3.05) is 25.1 Å². The van der Waals surface area contributed by atoms with Gasteiger partial charge in [-0.05, 0) is 36.8 Å². The third-order valence-electron chi connectivity index (χ3n) is 4.72. The molecular weight excluding hydrogens is 342 g/mol. The molecule has 0 spiro atoms. The molecule has 3 rings (SSSR count). The van der Waals surface area contributed by atoms with E-state index in [1.54, 1.807) is 16.9 Å². The van der Waals surface area contributed by atoms with E-state index < -0.39 is 0 Å². The molecule has 142 valence electrons. The van der Waals surface area contributed by atoms with E-state index in [0.29, 0.717) is 26.1 Å². The van der Waals surface area contributed by atoms with Crippen LogP contribution in [0.3, 0.4) is 0 Å². The van der Waals surface area contributed by atoms with Crippen molar-refractivity contribution in [2.24, 2.45) is 0 Å². The predicted molar refractivity (Wildman–Crippen MR) is 105 cm³/mol. The summed E-state index contributed by atoms with van der Waals surface area (Å²) >= 11 is 0. The van der Waals surface area contributed by atoms with Crippen LogP contribution in [0, 0.1) is 0 Å². The average Bonchev–Trinajstić information content (AvgIpc) is 3.06. The first-order valence-corrected chi connectivity index (χ1v) is 9.14. The summed E-state index contributed by atoms with van der Waals surface area (Å²) in [6, 6.07) is 16.9. The summed E-state index contributed by atoms with van der Waals surface area (Å²) in [5.41, 5.74) is 1.89. The quantitative estimate of drug-likeness (QED) is 0.854. The number of carbonyl (C=O) groups excluding carboxylic acids is 2. The molecule has 0 bridgehead atoms. The van der Waals surface area contributed by atoms with Crippen LogP contribution < -0.4 is 15.0 Å². The molecule has 1 heterocycles. The van der Waals surface area contributed by atoms with Gasteiger partial charge in [-0.15, -0.1) is 0 Å². The number of benzene rings is 2. The Morgan fingerprint density at radius 3 is 2.52 bits per heavy atom. The summed E-state index contributed by atoms with van der Waals surface area (Å²) in [6.45, 7) is 3.57. The van der Waals surface area contributed by atoms with Crippen LogP contribution >= 0.6 is 0 Å². The van der Waals surface area contributed by atoms with Crippen LogP contribution in [0.15, 0.2) is 54.6 Å². The first-order chi connectivity index (χ1) is 13.1. The Hall–Kier alpha value is -3.02. The molecule has 2 aromatic rings. The van der Waals surface area contributed by atoms with Gasteiger partial charge < -0.3 is 19.9 Å². The van der Waals surface area contributed by atoms with E-state index in [2.05, 4.69) is 5.32 Å². The van der Waals surface area contributed by atoms with Crippen LogP contribution in [0.25, 0.3) is 0 Å². The summed E-state index contributed by atoms with van der Waals surface area (Å²) in [5.74, 6) is 0.756. The summed E-state index contributed by atoms with van der Waals surface area (Å²) < 4.78 is 5.15. The largest absolute Gasteiger partial charge is 0.497 e. The molecule has 0 saturated carbocycles. The molecule has 1 N–H and O–H groups in total. The van der Waals surface area contributed by atoms with Crippen LogP contribution in [0.1, 0.15) is 18.9 Å². The standard InChI is InChI=1S/C21H25N3O3/c1-3-23(14-16-7-5-4-6-8-16)21(26)22-17-13-20(25)24(15-17)18-9-11-19(27-2)12-10-18/h4-12,17H,3,13-15H2,1-2H3,(H,22,26)/t17-/m1/s1. The fourth-order valence-electron chi connectivity index (χ4n) is 3.21. The number of amides is 3. The van der Waals surface area contributed by atoms with E-state index >= 15 is 0 Å². The molecule has 6 nitrogen and oxygen atoms in total. The molecule has 3 amide bonds. The first-order valence-electron chi connectivity index (χ1n) is 9.14. The van der Waals surface area contributed by atoms with Crippen LogP contribution in [0.2, 0.25) is 0 Å². The van der Waals surface area contributed by atoms with Gasteiger partial charge in [-0.3, -0.25) is 4.79 Å². The zero-order valence-electron chi connectivity index (χ0n) is 15.7. The molecule has 2 aromatic carbocycles. The minimum atomic E-state index is -0.197. The van der Waals surface area contributed by atoms with Crippen molar-refractivity contribution in [3.63, 3.8) is 0 Å². The van der Waals surface area contributed by atoms with Gasteiger partial charge in [-0.2, -0.15) is 0 Å². The van der Waals surface area contributed by atoms with Crippen molar-refractivity contribution >= 4 is 17.6 Å². The minimum absolute atomic E-state index is 0.0107. The van der Waals surface area contributed by atoms with Gasteiger partial charge in [0.1, 0.15) is 5.75 Å².